The van der Waals surface area contributed by atoms with E-state index in [0.29, 0.717) is 11.4 Å². The molecule has 0 aliphatic rings. The number of hydrogen-bond donors (Lipinski definition) is 3. The summed E-state index contributed by atoms with van der Waals surface area (Å²) in [5.41, 5.74) is 0.617. The van der Waals surface area contributed by atoms with Crippen molar-refractivity contribution in [2.24, 2.45) is 0 Å². The van der Waals surface area contributed by atoms with Crippen LogP contribution in [0.4, 0.5) is 5.69 Å². The average Bonchev–Trinajstić information content (AvgIpc) is 2.24. The third kappa shape index (κ3) is 5.36. The van der Waals surface area contributed by atoms with Gasteiger partial charge in [-0.15, -0.1) is 11.8 Å². The molecule has 0 aromatic heterocycles. The lowest BCUT2D eigenvalue weighted by Crippen LogP contribution is -2.12. The summed E-state index contributed by atoms with van der Waals surface area (Å²) in [5.74, 6) is 0.119. The van der Waals surface area contributed by atoms with Crippen molar-refractivity contribution in [1.82, 2.24) is 0 Å². The summed E-state index contributed by atoms with van der Waals surface area (Å²) in [6, 6.07) is 7.05. The van der Waals surface area contributed by atoms with Crippen LogP contribution >= 0.6 is 11.8 Å². The predicted molar refractivity (Wildman–Crippen MR) is 64.3 cm³/mol. The van der Waals surface area contributed by atoms with Crippen LogP contribution in [0.3, 0.4) is 0 Å². The molecule has 0 heterocycles. The van der Waals surface area contributed by atoms with E-state index >= 15 is 0 Å². The first-order chi connectivity index (χ1) is 7.51. The van der Waals surface area contributed by atoms with Gasteiger partial charge in [-0.2, -0.15) is 8.42 Å². The van der Waals surface area contributed by atoms with Crippen molar-refractivity contribution in [3.8, 4) is 0 Å². The normalized spacial score (nSPS) is 11.4. The van der Waals surface area contributed by atoms with Crippen LogP contribution in [0.25, 0.3) is 0 Å². The fraction of sp³-hybridized carbons (Fsp3) is 0.333. The first-order valence-electron chi connectivity index (χ1n) is 4.54. The Labute approximate surface area is 98.6 Å². The van der Waals surface area contributed by atoms with E-state index in [1.54, 1.807) is 12.1 Å². The lowest BCUT2D eigenvalue weighted by Gasteiger charge is -2.05. The van der Waals surface area contributed by atoms with Gasteiger partial charge in [-0.1, -0.05) is 0 Å². The maximum Gasteiger partial charge on any atom is 0.283 e. The largest absolute Gasteiger partial charge is 0.396 e. The Hall–Kier alpha value is -0.760. The second-order valence-corrected chi connectivity index (χ2v) is 5.62. The molecule has 0 spiro atoms. The summed E-state index contributed by atoms with van der Waals surface area (Å²) in [7, 11) is -4.00. The van der Waals surface area contributed by atoms with Crippen LogP contribution in [0.15, 0.2) is 29.2 Å². The molecule has 0 bridgehead atoms. The Morgan fingerprint density at radius 2 is 1.88 bits per heavy atom. The van der Waals surface area contributed by atoms with Gasteiger partial charge in [0.05, 0.1) is 6.61 Å². The number of nitrogens with one attached hydrogen (secondary N) is 1. The minimum Gasteiger partial charge on any atom is -0.396 e. The monoisotopic (exact) mass is 263 g/mol. The maximum absolute atomic E-state index is 10.5. The highest BCUT2D eigenvalue weighted by Crippen LogP contribution is 2.19. The molecule has 0 aliphatic heterocycles. The predicted octanol–water partition coefficient (Wildman–Crippen LogP) is 1.03. The second-order valence-electron chi connectivity index (χ2n) is 3.00. The highest BCUT2D eigenvalue weighted by molar-refractivity contribution is 7.99. The Morgan fingerprint density at radius 1 is 1.25 bits per heavy atom. The number of thioether (sulfide) groups is 1. The van der Waals surface area contributed by atoms with E-state index in [2.05, 4.69) is 5.32 Å². The lowest BCUT2D eigenvalue weighted by atomic mass is 10.3. The third-order valence-electron chi connectivity index (χ3n) is 1.67. The van der Waals surface area contributed by atoms with Crippen LogP contribution < -0.4 is 5.32 Å². The van der Waals surface area contributed by atoms with E-state index in [1.807, 2.05) is 12.1 Å². The highest BCUT2D eigenvalue weighted by Gasteiger charge is 2.03. The van der Waals surface area contributed by atoms with Crippen LogP contribution in [0.2, 0.25) is 0 Å². The fourth-order valence-electron chi connectivity index (χ4n) is 1.01. The fourth-order valence-corrected chi connectivity index (χ4v) is 2.01. The number of hydrogen-bond acceptors (Lipinski definition) is 5. The molecule has 16 heavy (non-hydrogen) atoms. The number of aliphatic hydroxyl groups excluding tert-OH is 1. The van der Waals surface area contributed by atoms with Crippen LogP contribution in [-0.2, 0) is 10.1 Å². The zero-order chi connectivity index (χ0) is 12.0. The van der Waals surface area contributed by atoms with Gasteiger partial charge < -0.3 is 10.4 Å². The SMILES string of the molecule is O=S(=O)(O)CNc1ccc(SCCO)cc1. The minimum absolute atomic E-state index is 0.118. The molecule has 1 aromatic rings. The Balaban J connectivity index is 2.51. The quantitative estimate of drug-likeness (QED) is 0.525. The zero-order valence-electron chi connectivity index (χ0n) is 8.46. The summed E-state index contributed by atoms with van der Waals surface area (Å²) in [6.07, 6.45) is 0. The van der Waals surface area contributed by atoms with Gasteiger partial charge in [-0.05, 0) is 24.3 Å². The molecule has 0 amide bonds. The first-order valence-corrected chi connectivity index (χ1v) is 7.13. The van der Waals surface area contributed by atoms with Crippen molar-refractivity contribution >= 4 is 27.6 Å². The van der Waals surface area contributed by atoms with Crippen molar-refractivity contribution in [2.45, 2.75) is 4.90 Å². The standard InChI is InChI=1S/C9H13NO4S2/c11-5-6-15-9-3-1-8(2-4-9)10-7-16(12,13)14/h1-4,10-11H,5-7H2,(H,12,13,14). The van der Waals surface area contributed by atoms with Gasteiger partial charge in [0.2, 0.25) is 0 Å². The van der Waals surface area contributed by atoms with Crippen LogP contribution in [0.5, 0.6) is 0 Å². The summed E-state index contributed by atoms with van der Waals surface area (Å²) in [4.78, 5) is 0.992. The van der Waals surface area contributed by atoms with E-state index in [-0.39, 0.29) is 6.61 Å². The molecule has 0 unspecified atom stereocenters. The molecule has 1 rings (SSSR count). The topological polar surface area (TPSA) is 86.6 Å². The van der Waals surface area contributed by atoms with E-state index in [9.17, 15) is 8.42 Å². The van der Waals surface area contributed by atoms with Gasteiger partial charge >= 0.3 is 0 Å². The Morgan fingerprint density at radius 3 is 2.38 bits per heavy atom. The molecule has 0 saturated heterocycles. The molecule has 7 heteroatoms. The number of anilines is 1. The number of benzene rings is 1. The number of rotatable bonds is 6. The molecule has 0 aliphatic carbocycles. The van der Waals surface area contributed by atoms with Gasteiger partial charge in [0.15, 0.2) is 0 Å². The molecular formula is C9H13NO4S2. The number of aliphatic hydroxyl groups is 1. The molecular weight excluding hydrogens is 250 g/mol. The van der Waals surface area contributed by atoms with Crippen molar-refractivity contribution in [1.29, 1.82) is 0 Å². The van der Waals surface area contributed by atoms with E-state index < -0.39 is 16.0 Å². The van der Waals surface area contributed by atoms with Crippen LogP contribution in [0, 0.1) is 0 Å². The molecule has 1 aromatic carbocycles. The van der Waals surface area contributed by atoms with Gasteiger partial charge in [0, 0.05) is 16.3 Å². The highest BCUT2D eigenvalue weighted by atomic mass is 32.2. The summed E-state index contributed by atoms with van der Waals surface area (Å²) in [5, 5.41) is 11.2. The Bertz CT molecular complexity index is 416. The van der Waals surface area contributed by atoms with Crippen molar-refractivity contribution in [3.63, 3.8) is 0 Å². The van der Waals surface area contributed by atoms with Crippen molar-refractivity contribution in [3.05, 3.63) is 24.3 Å². The zero-order valence-corrected chi connectivity index (χ0v) is 10.1. The average molecular weight is 263 g/mol. The molecule has 0 fully saturated rings. The second kappa shape index (κ2) is 6.09. The smallest absolute Gasteiger partial charge is 0.283 e. The molecule has 0 atom stereocenters. The lowest BCUT2D eigenvalue weighted by molar-refractivity contribution is 0.322. The van der Waals surface area contributed by atoms with Crippen LogP contribution in [-0.4, -0.2) is 36.3 Å². The van der Waals surface area contributed by atoms with Gasteiger partial charge in [-0.25, -0.2) is 0 Å². The molecule has 0 radical (unpaired) electrons. The van der Waals surface area contributed by atoms with Gasteiger partial charge in [0.25, 0.3) is 10.1 Å². The summed E-state index contributed by atoms with van der Waals surface area (Å²) < 4.78 is 29.5. The van der Waals surface area contributed by atoms with Crippen molar-refractivity contribution in [2.75, 3.05) is 23.6 Å². The van der Waals surface area contributed by atoms with E-state index in [0.717, 1.165) is 4.90 Å². The van der Waals surface area contributed by atoms with Gasteiger partial charge in [-0.3, -0.25) is 4.55 Å². The minimum atomic E-state index is -4.00. The first kappa shape index (κ1) is 13.3. The summed E-state index contributed by atoms with van der Waals surface area (Å²) >= 11 is 1.51. The Kier molecular flexibility index (Phi) is 5.07. The molecule has 3 N–H and O–H groups in total. The molecule has 5 nitrogen and oxygen atoms in total. The molecule has 90 valence electrons. The summed E-state index contributed by atoms with van der Waals surface area (Å²) in [6.45, 7) is 0.118. The van der Waals surface area contributed by atoms with Crippen molar-refractivity contribution < 1.29 is 18.1 Å². The molecule has 0 saturated carbocycles. The maximum atomic E-state index is 10.5. The van der Waals surface area contributed by atoms with E-state index in [1.165, 1.54) is 11.8 Å². The van der Waals surface area contributed by atoms with Crippen LogP contribution in [0.1, 0.15) is 0 Å². The van der Waals surface area contributed by atoms with Gasteiger partial charge in [0.1, 0.15) is 5.88 Å². The van der Waals surface area contributed by atoms with E-state index in [4.69, 9.17) is 9.66 Å². The third-order valence-corrected chi connectivity index (χ3v) is 3.17.